The zero-order valence-electron chi connectivity index (χ0n) is 11.8. The lowest BCUT2D eigenvalue weighted by Crippen LogP contribution is -2.18. The second-order valence-electron chi connectivity index (χ2n) is 5.45. The van der Waals surface area contributed by atoms with Crippen LogP contribution in [-0.4, -0.2) is 19.4 Å². The molecular formula is C15H22FNO2. The van der Waals surface area contributed by atoms with E-state index in [-0.39, 0.29) is 22.5 Å². The van der Waals surface area contributed by atoms with E-state index in [1.54, 1.807) is 6.07 Å². The van der Waals surface area contributed by atoms with Crippen LogP contribution in [0, 0.1) is 11.2 Å². The number of benzene rings is 1. The van der Waals surface area contributed by atoms with Gasteiger partial charge in [-0.1, -0.05) is 19.9 Å². The van der Waals surface area contributed by atoms with Crippen LogP contribution < -0.4 is 10.5 Å². The number of methoxy groups -OCH3 is 1. The van der Waals surface area contributed by atoms with Gasteiger partial charge in [0.05, 0.1) is 12.7 Å². The number of Topliss-reactive ketones (excluding diaryl/α,β-unsaturated/α-hetero) is 1. The topological polar surface area (TPSA) is 52.3 Å². The van der Waals surface area contributed by atoms with Gasteiger partial charge < -0.3 is 10.5 Å². The first kappa shape index (κ1) is 15.6. The lowest BCUT2D eigenvalue weighted by atomic mass is 9.83. The molecule has 1 aromatic carbocycles. The molecule has 106 valence electrons. The highest BCUT2D eigenvalue weighted by molar-refractivity contribution is 5.96. The van der Waals surface area contributed by atoms with Gasteiger partial charge in [0.15, 0.2) is 17.3 Å². The average molecular weight is 267 g/mol. The monoisotopic (exact) mass is 267 g/mol. The Bertz CT molecular complexity index is 444. The van der Waals surface area contributed by atoms with Crippen LogP contribution in [-0.2, 0) is 0 Å². The highest BCUT2D eigenvalue weighted by atomic mass is 19.1. The van der Waals surface area contributed by atoms with Crippen molar-refractivity contribution in [3.05, 3.63) is 29.6 Å². The van der Waals surface area contributed by atoms with Crippen LogP contribution in [0.4, 0.5) is 4.39 Å². The fourth-order valence-electron chi connectivity index (χ4n) is 1.99. The van der Waals surface area contributed by atoms with Gasteiger partial charge in [-0.05, 0) is 36.9 Å². The van der Waals surface area contributed by atoms with Crippen molar-refractivity contribution in [2.24, 2.45) is 11.1 Å². The molecule has 0 amide bonds. The summed E-state index contributed by atoms with van der Waals surface area (Å²) in [6, 6.07) is 4.63. The third-order valence-corrected chi connectivity index (χ3v) is 3.33. The van der Waals surface area contributed by atoms with Gasteiger partial charge in [-0.2, -0.15) is 0 Å². The van der Waals surface area contributed by atoms with Crippen molar-refractivity contribution in [3.63, 3.8) is 0 Å². The van der Waals surface area contributed by atoms with Crippen LogP contribution in [0.3, 0.4) is 0 Å². The average Bonchev–Trinajstić information content (AvgIpc) is 2.36. The molecule has 0 heterocycles. The van der Waals surface area contributed by atoms with Gasteiger partial charge >= 0.3 is 0 Å². The number of nitrogens with two attached hydrogens (primary N) is 1. The zero-order chi connectivity index (χ0) is 14.5. The van der Waals surface area contributed by atoms with Crippen molar-refractivity contribution >= 4 is 5.78 Å². The highest BCUT2D eigenvalue weighted by Crippen LogP contribution is 2.28. The molecule has 0 aliphatic rings. The molecule has 0 radical (unpaired) electrons. The molecule has 0 fully saturated rings. The molecule has 3 nitrogen and oxygen atoms in total. The Morgan fingerprint density at radius 2 is 2.05 bits per heavy atom. The Kier molecular flexibility index (Phi) is 5.48. The van der Waals surface area contributed by atoms with Crippen LogP contribution in [0.15, 0.2) is 18.2 Å². The number of ether oxygens (including phenoxy) is 1. The van der Waals surface area contributed by atoms with Gasteiger partial charge in [-0.15, -0.1) is 0 Å². The van der Waals surface area contributed by atoms with E-state index in [2.05, 4.69) is 13.8 Å². The number of hydrogen-bond acceptors (Lipinski definition) is 3. The minimum absolute atomic E-state index is 0.000245. The smallest absolute Gasteiger partial charge is 0.175 e. The summed E-state index contributed by atoms with van der Waals surface area (Å²) in [4.78, 5) is 12.1. The van der Waals surface area contributed by atoms with Gasteiger partial charge in [0.1, 0.15) is 0 Å². The van der Waals surface area contributed by atoms with Gasteiger partial charge in [0.2, 0.25) is 0 Å². The molecule has 0 saturated heterocycles. The van der Waals surface area contributed by atoms with Crippen molar-refractivity contribution in [2.45, 2.75) is 33.1 Å². The first-order chi connectivity index (χ1) is 8.91. The van der Waals surface area contributed by atoms with Crippen molar-refractivity contribution in [1.82, 2.24) is 0 Å². The number of rotatable bonds is 7. The van der Waals surface area contributed by atoms with Crippen molar-refractivity contribution in [2.75, 3.05) is 13.7 Å². The third kappa shape index (κ3) is 4.31. The van der Waals surface area contributed by atoms with Crippen LogP contribution in [0.2, 0.25) is 0 Å². The summed E-state index contributed by atoms with van der Waals surface area (Å²) in [6.07, 6.45) is 1.86. The van der Waals surface area contributed by atoms with E-state index in [1.807, 2.05) is 0 Å². The maximum atomic E-state index is 13.9. The molecule has 0 atom stereocenters. The van der Waals surface area contributed by atoms with E-state index in [0.717, 1.165) is 6.42 Å². The lowest BCUT2D eigenvalue weighted by Gasteiger charge is -2.23. The molecule has 0 bridgehead atoms. The molecule has 0 unspecified atom stereocenters. The summed E-state index contributed by atoms with van der Waals surface area (Å²) in [7, 11) is 1.39. The summed E-state index contributed by atoms with van der Waals surface area (Å²) >= 11 is 0. The largest absolute Gasteiger partial charge is 0.494 e. The Balaban J connectivity index is 2.74. The van der Waals surface area contributed by atoms with Crippen LogP contribution in [0.1, 0.15) is 43.5 Å². The minimum Gasteiger partial charge on any atom is -0.494 e. The Labute approximate surface area is 113 Å². The van der Waals surface area contributed by atoms with Crippen LogP contribution in [0.5, 0.6) is 5.75 Å². The van der Waals surface area contributed by atoms with E-state index in [9.17, 15) is 9.18 Å². The number of ketones is 1. The number of halogens is 1. The molecule has 1 aromatic rings. The predicted molar refractivity (Wildman–Crippen MR) is 74.0 cm³/mol. The molecule has 0 saturated carbocycles. The van der Waals surface area contributed by atoms with Crippen LogP contribution in [0.25, 0.3) is 0 Å². The van der Waals surface area contributed by atoms with Crippen molar-refractivity contribution < 1.29 is 13.9 Å². The molecule has 0 aromatic heterocycles. The van der Waals surface area contributed by atoms with Crippen molar-refractivity contribution in [3.8, 4) is 5.75 Å². The summed E-state index contributed by atoms with van der Waals surface area (Å²) in [6.45, 7) is 4.72. The minimum atomic E-state index is -0.577. The maximum absolute atomic E-state index is 13.9. The molecule has 0 aliphatic carbocycles. The van der Waals surface area contributed by atoms with Gasteiger partial charge in [-0.3, -0.25) is 4.79 Å². The normalized spacial score (nSPS) is 11.4. The second-order valence-corrected chi connectivity index (χ2v) is 5.45. The quantitative estimate of drug-likeness (QED) is 0.772. The fraction of sp³-hybridized carbons (Fsp3) is 0.533. The third-order valence-electron chi connectivity index (χ3n) is 3.33. The molecule has 0 aliphatic heterocycles. The van der Waals surface area contributed by atoms with Gasteiger partial charge in [-0.25, -0.2) is 4.39 Å². The van der Waals surface area contributed by atoms with E-state index in [4.69, 9.17) is 10.5 Å². The first-order valence-corrected chi connectivity index (χ1v) is 6.47. The predicted octanol–water partition coefficient (Wildman–Crippen LogP) is 3.17. The SMILES string of the molecule is COc1cccc(C(=O)CCC(C)(C)CCN)c1F. The highest BCUT2D eigenvalue weighted by Gasteiger charge is 2.21. The molecule has 0 spiro atoms. The lowest BCUT2D eigenvalue weighted by molar-refractivity contribution is 0.0957. The standard InChI is InChI=1S/C15H22FNO2/c1-15(2,9-10-17)8-7-12(18)11-5-4-6-13(19-3)14(11)16/h4-6H,7-10,17H2,1-3H3. The summed E-state index contributed by atoms with van der Waals surface area (Å²) in [5.41, 5.74) is 5.63. The number of carbonyl (C=O) groups is 1. The Hall–Kier alpha value is -1.42. The number of carbonyl (C=O) groups excluding carboxylic acids is 1. The molecule has 2 N–H and O–H groups in total. The molecular weight excluding hydrogens is 245 g/mol. The number of hydrogen-bond donors (Lipinski definition) is 1. The van der Waals surface area contributed by atoms with Crippen molar-refractivity contribution in [1.29, 1.82) is 0 Å². The summed E-state index contributed by atoms with van der Waals surface area (Å²) in [5, 5.41) is 0. The summed E-state index contributed by atoms with van der Waals surface area (Å²) in [5.74, 6) is -0.666. The van der Waals surface area contributed by atoms with E-state index >= 15 is 0 Å². The molecule has 19 heavy (non-hydrogen) atoms. The van der Waals surface area contributed by atoms with Gasteiger partial charge in [0.25, 0.3) is 0 Å². The molecule has 4 heteroatoms. The summed E-state index contributed by atoms with van der Waals surface area (Å²) < 4.78 is 18.8. The van der Waals surface area contributed by atoms with E-state index in [0.29, 0.717) is 19.4 Å². The Morgan fingerprint density at radius 3 is 2.63 bits per heavy atom. The van der Waals surface area contributed by atoms with Gasteiger partial charge in [0, 0.05) is 6.42 Å². The van der Waals surface area contributed by atoms with E-state index < -0.39 is 5.82 Å². The Morgan fingerprint density at radius 1 is 1.37 bits per heavy atom. The fourth-order valence-corrected chi connectivity index (χ4v) is 1.99. The van der Waals surface area contributed by atoms with Crippen LogP contribution >= 0.6 is 0 Å². The second kappa shape index (κ2) is 6.66. The first-order valence-electron chi connectivity index (χ1n) is 6.47. The van der Waals surface area contributed by atoms with E-state index in [1.165, 1.54) is 19.2 Å². The molecule has 1 rings (SSSR count). The zero-order valence-corrected chi connectivity index (χ0v) is 11.8. The maximum Gasteiger partial charge on any atom is 0.175 e.